The monoisotopic (exact) mass is 367 g/mol. The van der Waals surface area contributed by atoms with E-state index in [9.17, 15) is 9.90 Å². The molecule has 3 rings (SSSR count). The Kier molecular flexibility index (Phi) is 6.27. The summed E-state index contributed by atoms with van der Waals surface area (Å²) in [6.07, 6.45) is 7.77. The minimum absolute atomic E-state index is 0.0358. The fourth-order valence-electron chi connectivity index (χ4n) is 5.15. The van der Waals surface area contributed by atoms with Gasteiger partial charge >= 0.3 is 5.97 Å². The molecule has 150 valence electrons. The van der Waals surface area contributed by atoms with Crippen LogP contribution in [0.3, 0.4) is 0 Å². The predicted molar refractivity (Wildman–Crippen MR) is 101 cm³/mol. The van der Waals surface area contributed by atoms with Crippen LogP contribution in [0.4, 0.5) is 0 Å². The Labute approximate surface area is 158 Å². The van der Waals surface area contributed by atoms with Gasteiger partial charge in [-0.2, -0.15) is 5.12 Å². The van der Waals surface area contributed by atoms with Gasteiger partial charge < -0.3 is 9.84 Å². The van der Waals surface area contributed by atoms with Crippen LogP contribution in [0.25, 0.3) is 0 Å². The summed E-state index contributed by atoms with van der Waals surface area (Å²) in [5, 5.41) is 13.3. The lowest BCUT2D eigenvalue weighted by Crippen LogP contribution is -2.59. The zero-order chi connectivity index (χ0) is 18.9. The van der Waals surface area contributed by atoms with Gasteiger partial charge in [0, 0.05) is 18.5 Å². The van der Waals surface area contributed by atoms with E-state index in [-0.39, 0.29) is 29.4 Å². The Morgan fingerprint density at radius 3 is 2.31 bits per heavy atom. The molecule has 5 unspecified atom stereocenters. The number of ether oxygens (including phenoxy) is 1. The number of hydrogen-bond donors (Lipinski definition) is 3. The van der Waals surface area contributed by atoms with Crippen LogP contribution >= 0.6 is 0 Å². The highest BCUT2D eigenvalue weighted by Crippen LogP contribution is 2.43. The molecule has 0 amide bonds. The molecule has 0 radical (unpaired) electrons. The molecule has 0 spiro atoms. The zero-order valence-electron chi connectivity index (χ0n) is 16.8. The zero-order valence-corrected chi connectivity index (χ0v) is 16.8. The maximum atomic E-state index is 11.6. The summed E-state index contributed by atoms with van der Waals surface area (Å²) in [7, 11) is 1.45. The van der Waals surface area contributed by atoms with E-state index >= 15 is 0 Å². The summed E-state index contributed by atoms with van der Waals surface area (Å²) in [6.45, 7) is 6.64. The van der Waals surface area contributed by atoms with E-state index < -0.39 is 0 Å². The average molecular weight is 368 g/mol. The van der Waals surface area contributed by atoms with Crippen molar-refractivity contribution in [3.05, 3.63) is 0 Å². The molecule has 1 aliphatic heterocycles. The Bertz CT molecular complexity index is 479. The Morgan fingerprint density at radius 1 is 1.15 bits per heavy atom. The van der Waals surface area contributed by atoms with Crippen molar-refractivity contribution in [3.63, 3.8) is 0 Å². The lowest BCUT2D eigenvalue weighted by atomic mass is 9.65. The number of methoxy groups -OCH3 is 1. The predicted octanol–water partition coefficient (Wildman–Crippen LogP) is 2.38. The van der Waals surface area contributed by atoms with Crippen molar-refractivity contribution >= 4 is 5.97 Å². The largest absolute Gasteiger partial charge is 0.469 e. The minimum atomic E-state index is -0.371. The van der Waals surface area contributed by atoms with E-state index in [0.29, 0.717) is 24.4 Å². The van der Waals surface area contributed by atoms with Crippen LogP contribution in [0.1, 0.15) is 72.1 Å². The molecular weight excluding hydrogens is 330 g/mol. The van der Waals surface area contributed by atoms with Crippen LogP contribution in [-0.4, -0.2) is 47.5 Å². The van der Waals surface area contributed by atoms with Gasteiger partial charge in [-0.05, 0) is 49.4 Å². The van der Waals surface area contributed by atoms with Crippen LogP contribution in [0.15, 0.2) is 0 Å². The summed E-state index contributed by atoms with van der Waals surface area (Å²) in [6, 6.07) is 1.01. The van der Waals surface area contributed by atoms with E-state index in [0.717, 1.165) is 19.3 Å². The molecule has 26 heavy (non-hydrogen) atoms. The van der Waals surface area contributed by atoms with Gasteiger partial charge in [0.25, 0.3) is 0 Å². The quantitative estimate of drug-likeness (QED) is 0.663. The molecule has 2 aliphatic carbocycles. The van der Waals surface area contributed by atoms with Crippen molar-refractivity contribution in [1.29, 1.82) is 0 Å². The van der Waals surface area contributed by atoms with Gasteiger partial charge in [0.05, 0.1) is 19.3 Å². The normalized spacial score (nSPS) is 38.8. The third kappa shape index (κ3) is 4.41. The SMILES string of the molecule is COC(=O)CCC1CC(N2NC3CCCC[C@H]3N2)C(O)C(C(C)(C)C)C1. The van der Waals surface area contributed by atoms with E-state index in [4.69, 9.17) is 4.74 Å². The van der Waals surface area contributed by atoms with Gasteiger partial charge in [0.15, 0.2) is 0 Å². The summed E-state index contributed by atoms with van der Waals surface area (Å²) >= 11 is 0. The Balaban J connectivity index is 1.70. The fourth-order valence-corrected chi connectivity index (χ4v) is 5.15. The molecule has 6 heteroatoms. The number of rotatable bonds is 4. The highest BCUT2D eigenvalue weighted by Gasteiger charge is 2.47. The summed E-state index contributed by atoms with van der Waals surface area (Å²) in [5.41, 5.74) is 7.30. The Morgan fingerprint density at radius 2 is 1.77 bits per heavy atom. The molecule has 0 bridgehead atoms. The van der Waals surface area contributed by atoms with Gasteiger partial charge in [-0.15, -0.1) is 0 Å². The number of nitrogens with one attached hydrogen (secondary N) is 2. The molecule has 6 nitrogen and oxygen atoms in total. The molecule has 0 aromatic rings. The second kappa shape index (κ2) is 8.13. The van der Waals surface area contributed by atoms with Crippen LogP contribution in [0.2, 0.25) is 0 Å². The number of carbonyl (C=O) groups is 1. The van der Waals surface area contributed by atoms with Crippen molar-refractivity contribution in [2.75, 3.05) is 7.11 Å². The highest BCUT2D eigenvalue weighted by atomic mass is 16.5. The van der Waals surface area contributed by atoms with Gasteiger partial charge in [-0.25, -0.2) is 10.9 Å². The molecule has 0 aromatic carbocycles. The Hall–Kier alpha value is -0.690. The molecule has 2 saturated carbocycles. The summed E-state index contributed by atoms with van der Waals surface area (Å²) in [5.74, 6) is 0.511. The molecule has 3 N–H and O–H groups in total. The first kappa shape index (κ1) is 20.1. The number of hydrazine groups is 2. The fraction of sp³-hybridized carbons (Fsp3) is 0.950. The molecule has 3 fully saturated rings. The standard InChI is InChI=1S/C20H37N3O3/c1-20(2,3)14-11-13(9-10-18(24)26-4)12-17(19(14)25)23-21-15-7-5-6-8-16(15)22-23/h13-17,19,21-22,25H,5-12H2,1-4H3/t13?,14?,15-,16?,17?,19?/m1/s1. The lowest BCUT2D eigenvalue weighted by Gasteiger charge is -2.47. The molecule has 0 aromatic heterocycles. The molecule has 1 heterocycles. The van der Waals surface area contributed by atoms with Crippen LogP contribution in [-0.2, 0) is 9.53 Å². The molecular formula is C20H37N3O3. The second-order valence-corrected chi connectivity index (χ2v) is 9.61. The van der Waals surface area contributed by atoms with E-state index in [1.807, 2.05) is 0 Å². The van der Waals surface area contributed by atoms with E-state index in [1.54, 1.807) is 0 Å². The van der Waals surface area contributed by atoms with Crippen molar-refractivity contribution in [2.24, 2.45) is 17.3 Å². The third-order valence-corrected chi connectivity index (χ3v) is 6.77. The van der Waals surface area contributed by atoms with Crippen molar-refractivity contribution in [3.8, 4) is 0 Å². The van der Waals surface area contributed by atoms with Crippen molar-refractivity contribution in [2.45, 2.75) is 96.4 Å². The molecule has 6 atom stereocenters. The maximum Gasteiger partial charge on any atom is 0.305 e. The first-order chi connectivity index (χ1) is 12.3. The number of hydrogen-bond acceptors (Lipinski definition) is 6. The number of aliphatic hydroxyl groups is 1. The number of fused-ring (bicyclic) bond motifs is 1. The topological polar surface area (TPSA) is 73.8 Å². The van der Waals surface area contributed by atoms with Gasteiger partial charge in [0.1, 0.15) is 0 Å². The van der Waals surface area contributed by atoms with Gasteiger partial charge in [-0.3, -0.25) is 4.79 Å². The number of nitrogens with zero attached hydrogens (tertiary/aromatic N) is 1. The summed E-state index contributed by atoms with van der Waals surface area (Å²) < 4.78 is 4.82. The number of aliphatic hydroxyl groups excluding tert-OH is 1. The average Bonchev–Trinajstić information content (AvgIpc) is 3.03. The maximum absolute atomic E-state index is 11.6. The highest BCUT2D eigenvalue weighted by molar-refractivity contribution is 5.69. The second-order valence-electron chi connectivity index (χ2n) is 9.61. The third-order valence-electron chi connectivity index (χ3n) is 6.77. The first-order valence-electron chi connectivity index (χ1n) is 10.4. The lowest BCUT2D eigenvalue weighted by molar-refractivity contribution is -0.141. The van der Waals surface area contributed by atoms with E-state index in [2.05, 4.69) is 36.7 Å². The summed E-state index contributed by atoms with van der Waals surface area (Å²) in [4.78, 5) is 11.6. The van der Waals surface area contributed by atoms with Gasteiger partial charge in [0.2, 0.25) is 0 Å². The van der Waals surface area contributed by atoms with Crippen molar-refractivity contribution in [1.82, 2.24) is 16.0 Å². The van der Waals surface area contributed by atoms with Crippen LogP contribution in [0.5, 0.6) is 0 Å². The first-order valence-corrected chi connectivity index (χ1v) is 10.4. The van der Waals surface area contributed by atoms with Gasteiger partial charge in [-0.1, -0.05) is 33.6 Å². The van der Waals surface area contributed by atoms with Crippen molar-refractivity contribution < 1.29 is 14.6 Å². The molecule has 3 aliphatic rings. The number of carbonyl (C=O) groups excluding carboxylic acids is 1. The van der Waals surface area contributed by atoms with E-state index in [1.165, 1.54) is 32.8 Å². The van der Waals surface area contributed by atoms with Crippen LogP contribution in [0, 0.1) is 17.3 Å². The smallest absolute Gasteiger partial charge is 0.305 e. The number of esters is 1. The minimum Gasteiger partial charge on any atom is -0.469 e. The molecule has 1 saturated heterocycles. The van der Waals surface area contributed by atoms with Crippen LogP contribution < -0.4 is 10.9 Å².